The SMILES string of the molecule is Cc1nn(C)c(CC2CNC2)c1Cl. The third-order valence-electron chi connectivity index (χ3n) is 2.61. The largest absolute Gasteiger partial charge is 0.316 e. The van der Waals surface area contributed by atoms with E-state index in [2.05, 4.69) is 10.4 Å². The average Bonchev–Trinajstić information content (AvgIpc) is 2.21. The van der Waals surface area contributed by atoms with Crippen molar-refractivity contribution in [1.82, 2.24) is 15.1 Å². The Morgan fingerprint density at radius 2 is 2.31 bits per heavy atom. The normalized spacial score (nSPS) is 17.5. The van der Waals surface area contributed by atoms with Crippen LogP contribution in [0.3, 0.4) is 0 Å². The smallest absolute Gasteiger partial charge is 0.0847 e. The Hall–Kier alpha value is -0.540. The van der Waals surface area contributed by atoms with Crippen molar-refractivity contribution in [2.24, 2.45) is 13.0 Å². The summed E-state index contributed by atoms with van der Waals surface area (Å²) in [6.07, 6.45) is 1.04. The van der Waals surface area contributed by atoms with Crippen LogP contribution in [-0.4, -0.2) is 22.9 Å². The molecule has 1 N–H and O–H groups in total. The summed E-state index contributed by atoms with van der Waals surface area (Å²) in [5, 5.41) is 8.38. The van der Waals surface area contributed by atoms with Gasteiger partial charge in [-0.1, -0.05) is 11.6 Å². The highest BCUT2D eigenvalue weighted by Crippen LogP contribution is 2.23. The van der Waals surface area contributed by atoms with Crippen molar-refractivity contribution in [1.29, 1.82) is 0 Å². The molecule has 1 saturated heterocycles. The third-order valence-corrected chi connectivity index (χ3v) is 3.10. The van der Waals surface area contributed by atoms with Crippen LogP contribution in [0.15, 0.2) is 0 Å². The van der Waals surface area contributed by atoms with Crippen LogP contribution >= 0.6 is 11.6 Å². The number of halogens is 1. The quantitative estimate of drug-likeness (QED) is 0.775. The number of hydrogen-bond donors (Lipinski definition) is 1. The Labute approximate surface area is 83.1 Å². The van der Waals surface area contributed by atoms with Gasteiger partial charge >= 0.3 is 0 Å². The molecule has 2 rings (SSSR count). The van der Waals surface area contributed by atoms with Crippen molar-refractivity contribution in [3.05, 3.63) is 16.4 Å². The van der Waals surface area contributed by atoms with Gasteiger partial charge in [-0.25, -0.2) is 0 Å². The van der Waals surface area contributed by atoms with Crippen LogP contribution < -0.4 is 5.32 Å². The Morgan fingerprint density at radius 3 is 2.69 bits per heavy atom. The Morgan fingerprint density at radius 1 is 1.62 bits per heavy atom. The van der Waals surface area contributed by atoms with Gasteiger partial charge in [0.25, 0.3) is 0 Å². The van der Waals surface area contributed by atoms with Gasteiger partial charge in [-0.05, 0) is 32.4 Å². The zero-order valence-electron chi connectivity index (χ0n) is 7.97. The second kappa shape index (κ2) is 3.31. The Balaban J connectivity index is 2.17. The minimum Gasteiger partial charge on any atom is -0.316 e. The van der Waals surface area contributed by atoms with Crippen LogP contribution in [0.25, 0.3) is 0 Å². The lowest BCUT2D eigenvalue weighted by molar-refractivity contribution is 0.340. The first-order valence-electron chi connectivity index (χ1n) is 4.57. The van der Waals surface area contributed by atoms with Crippen molar-refractivity contribution in [2.75, 3.05) is 13.1 Å². The molecule has 3 nitrogen and oxygen atoms in total. The van der Waals surface area contributed by atoms with E-state index in [1.165, 1.54) is 5.69 Å². The van der Waals surface area contributed by atoms with Crippen LogP contribution in [0.2, 0.25) is 5.02 Å². The molecule has 1 aliphatic heterocycles. The fourth-order valence-corrected chi connectivity index (χ4v) is 1.91. The first kappa shape index (κ1) is 9.03. The second-order valence-electron chi connectivity index (χ2n) is 3.70. The summed E-state index contributed by atoms with van der Waals surface area (Å²) in [6, 6.07) is 0. The zero-order valence-corrected chi connectivity index (χ0v) is 8.73. The van der Waals surface area contributed by atoms with E-state index in [0.717, 1.165) is 36.1 Å². The molecule has 0 unspecified atom stereocenters. The molecule has 2 heterocycles. The van der Waals surface area contributed by atoms with E-state index < -0.39 is 0 Å². The molecule has 1 aromatic rings. The van der Waals surface area contributed by atoms with Gasteiger partial charge in [0.2, 0.25) is 0 Å². The maximum Gasteiger partial charge on any atom is 0.0847 e. The fraction of sp³-hybridized carbons (Fsp3) is 0.667. The van der Waals surface area contributed by atoms with E-state index in [9.17, 15) is 0 Å². The molecule has 0 aliphatic carbocycles. The van der Waals surface area contributed by atoms with Gasteiger partial charge in [0, 0.05) is 7.05 Å². The molecule has 0 radical (unpaired) electrons. The highest BCUT2D eigenvalue weighted by Gasteiger charge is 2.21. The summed E-state index contributed by atoms with van der Waals surface area (Å²) in [5.74, 6) is 0.743. The Bertz CT molecular complexity index is 315. The molecule has 0 saturated carbocycles. The second-order valence-corrected chi connectivity index (χ2v) is 4.08. The summed E-state index contributed by atoms with van der Waals surface area (Å²) in [5.41, 5.74) is 2.11. The lowest BCUT2D eigenvalue weighted by Gasteiger charge is -2.26. The minimum absolute atomic E-state index is 0.743. The molecule has 0 bridgehead atoms. The number of aromatic nitrogens is 2. The van der Waals surface area contributed by atoms with Gasteiger partial charge in [-0.15, -0.1) is 0 Å². The molecule has 13 heavy (non-hydrogen) atoms. The Kier molecular flexibility index (Phi) is 2.30. The first-order valence-corrected chi connectivity index (χ1v) is 4.95. The molecule has 0 atom stereocenters. The lowest BCUT2D eigenvalue weighted by Crippen LogP contribution is -2.43. The van der Waals surface area contributed by atoms with Crippen LogP contribution in [-0.2, 0) is 13.5 Å². The molecule has 0 spiro atoms. The number of nitrogens with zero attached hydrogens (tertiary/aromatic N) is 2. The van der Waals surface area contributed by atoms with E-state index in [4.69, 9.17) is 11.6 Å². The number of aryl methyl sites for hydroxylation is 2. The van der Waals surface area contributed by atoms with E-state index in [1.807, 2.05) is 18.7 Å². The first-order chi connectivity index (χ1) is 6.18. The third kappa shape index (κ3) is 1.58. The lowest BCUT2D eigenvalue weighted by atomic mass is 9.97. The number of rotatable bonds is 2. The predicted octanol–water partition coefficient (Wildman–Crippen LogP) is 1.14. The molecule has 1 aliphatic rings. The topological polar surface area (TPSA) is 29.9 Å². The summed E-state index contributed by atoms with van der Waals surface area (Å²) >= 11 is 6.14. The predicted molar refractivity (Wildman–Crippen MR) is 53.0 cm³/mol. The van der Waals surface area contributed by atoms with Crippen molar-refractivity contribution < 1.29 is 0 Å². The van der Waals surface area contributed by atoms with Crippen molar-refractivity contribution >= 4 is 11.6 Å². The van der Waals surface area contributed by atoms with Crippen LogP contribution in [0.5, 0.6) is 0 Å². The molecule has 72 valence electrons. The molecule has 1 aromatic heterocycles. The van der Waals surface area contributed by atoms with Gasteiger partial charge in [0.05, 0.1) is 16.4 Å². The monoisotopic (exact) mass is 199 g/mol. The maximum atomic E-state index is 6.14. The molecule has 4 heteroatoms. The standard InChI is InChI=1S/C9H14ClN3/c1-6-9(10)8(13(2)12-6)3-7-4-11-5-7/h7,11H,3-5H2,1-2H3. The van der Waals surface area contributed by atoms with Crippen LogP contribution in [0.1, 0.15) is 11.4 Å². The van der Waals surface area contributed by atoms with Crippen molar-refractivity contribution in [2.45, 2.75) is 13.3 Å². The summed E-state index contributed by atoms with van der Waals surface area (Å²) in [4.78, 5) is 0. The average molecular weight is 200 g/mol. The van der Waals surface area contributed by atoms with Gasteiger partial charge in [-0.3, -0.25) is 4.68 Å². The highest BCUT2D eigenvalue weighted by atomic mass is 35.5. The molecule has 0 amide bonds. The minimum atomic E-state index is 0.743. The summed E-state index contributed by atoms with van der Waals surface area (Å²) in [6.45, 7) is 4.17. The highest BCUT2D eigenvalue weighted by molar-refractivity contribution is 6.31. The summed E-state index contributed by atoms with van der Waals surface area (Å²) < 4.78 is 1.90. The summed E-state index contributed by atoms with van der Waals surface area (Å²) in [7, 11) is 1.96. The zero-order chi connectivity index (χ0) is 9.42. The van der Waals surface area contributed by atoms with Crippen molar-refractivity contribution in [3.63, 3.8) is 0 Å². The van der Waals surface area contributed by atoms with E-state index in [0.29, 0.717) is 0 Å². The number of hydrogen-bond acceptors (Lipinski definition) is 2. The van der Waals surface area contributed by atoms with Gasteiger partial charge < -0.3 is 5.32 Å². The molecular formula is C9H14ClN3. The van der Waals surface area contributed by atoms with E-state index in [-0.39, 0.29) is 0 Å². The fourth-order valence-electron chi connectivity index (χ4n) is 1.67. The molecular weight excluding hydrogens is 186 g/mol. The van der Waals surface area contributed by atoms with Gasteiger partial charge in [0.1, 0.15) is 0 Å². The maximum absolute atomic E-state index is 6.14. The van der Waals surface area contributed by atoms with E-state index in [1.54, 1.807) is 0 Å². The molecule has 1 fully saturated rings. The number of nitrogens with one attached hydrogen (secondary N) is 1. The van der Waals surface area contributed by atoms with Gasteiger partial charge in [-0.2, -0.15) is 5.10 Å². The van der Waals surface area contributed by atoms with Crippen molar-refractivity contribution in [3.8, 4) is 0 Å². The van der Waals surface area contributed by atoms with Crippen LogP contribution in [0.4, 0.5) is 0 Å². The molecule has 0 aromatic carbocycles. The van der Waals surface area contributed by atoms with Crippen LogP contribution in [0, 0.1) is 12.8 Å². The van der Waals surface area contributed by atoms with E-state index >= 15 is 0 Å². The van der Waals surface area contributed by atoms with Gasteiger partial charge in [0.15, 0.2) is 0 Å².